The number of benzene rings is 2. The van der Waals surface area contributed by atoms with Crippen LogP contribution >= 0.6 is 0 Å². The van der Waals surface area contributed by atoms with Crippen LogP contribution in [0, 0.1) is 11.6 Å². The fourth-order valence-corrected chi connectivity index (χ4v) is 1.76. The molecule has 0 aliphatic carbocycles. The zero-order valence-corrected chi connectivity index (χ0v) is 10.4. The maximum absolute atomic E-state index is 13.4. The highest BCUT2D eigenvalue weighted by molar-refractivity contribution is 5.44. The molecule has 0 heterocycles. The number of nitrogen functional groups attached to an aromatic ring is 1. The number of nitrogens with two attached hydrogens (primary N) is 1. The average Bonchev–Trinajstić information content (AvgIpc) is 2.41. The molecule has 4 heteroatoms. The van der Waals surface area contributed by atoms with Gasteiger partial charge in [-0.15, -0.1) is 0 Å². The molecule has 0 amide bonds. The minimum absolute atomic E-state index is 0.0974. The number of hydrogen-bond acceptors (Lipinski definition) is 2. The summed E-state index contributed by atoms with van der Waals surface area (Å²) in [6, 6.07) is 11.8. The standard InChI is InChI=1S/C15H15F2NO/c16-12-10-15(13(17)9-14(12)18)19-8-4-7-11-5-2-1-3-6-11/h1-3,5-6,9-10H,4,7-8,18H2. The fraction of sp³-hybridized carbons (Fsp3) is 0.200. The number of hydrogen-bond donors (Lipinski definition) is 1. The Hall–Kier alpha value is -2.10. The second-order valence-electron chi connectivity index (χ2n) is 4.24. The molecule has 0 bridgehead atoms. The van der Waals surface area contributed by atoms with Crippen LogP contribution in [0.5, 0.6) is 5.75 Å². The lowest BCUT2D eigenvalue weighted by Gasteiger charge is -2.08. The lowest BCUT2D eigenvalue weighted by Crippen LogP contribution is -2.02. The van der Waals surface area contributed by atoms with Crippen molar-refractivity contribution >= 4 is 5.69 Å². The van der Waals surface area contributed by atoms with E-state index in [0.29, 0.717) is 6.61 Å². The number of aryl methyl sites for hydroxylation is 1. The third-order valence-corrected chi connectivity index (χ3v) is 2.76. The molecular formula is C15H15F2NO. The van der Waals surface area contributed by atoms with Crippen LogP contribution in [0.1, 0.15) is 12.0 Å². The van der Waals surface area contributed by atoms with Crippen LogP contribution in [0.2, 0.25) is 0 Å². The maximum atomic E-state index is 13.4. The van der Waals surface area contributed by atoms with Crippen LogP contribution in [0.15, 0.2) is 42.5 Å². The third-order valence-electron chi connectivity index (χ3n) is 2.76. The van der Waals surface area contributed by atoms with E-state index in [-0.39, 0.29) is 11.4 Å². The molecule has 2 N–H and O–H groups in total. The first-order chi connectivity index (χ1) is 9.16. The van der Waals surface area contributed by atoms with Gasteiger partial charge in [-0.3, -0.25) is 0 Å². The van der Waals surface area contributed by atoms with Crippen LogP contribution in [-0.2, 0) is 6.42 Å². The van der Waals surface area contributed by atoms with Gasteiger partial charge in [0.05, 0.1) is 12.3 Å². The van der Waals surface area contributed by atoms with Gasteiger partial charge < -0.3 is 10.5 Å². The Morgan fingerprint density at radius 1 is 1.00 bits per heavy atom. The Labute approximate surface area is 110 Å². The van der Waals surface area contributed by atoms with E-state index in [0.717, 1.165) is 25.0 Å². The largest absolute Gasteiger partial charge is 0.490 e. The van der Waals surface area contributed by atoms with Gasteiger partial charge >= 0.3 is 0 Å². The van der Waals surface area contributed by atoms with E-state index in [1.54, 1.807) is 0 Å². The second kappa shape index (κ2) is 6.18. The first-order valence-electron chi connectivity index (χ1n) is 6.08. The number of rotatable bonds is 5. The lowest BCUT2D eigenvalue weighted by atomic mass is 10.1. The summed E-state index contributed by atoms with van der Waals surface area (Å²) in [5.74, 6) is -1.40. The SMILES string of the molecule is Nc1cc(F)c(OCCCc2ccccc2)cc1F. The van der Waals surface area contributed by atoms with Gasteiger partial charge in [-0.25, -0.2) is 8.78 Å². The van der Waals surface area contributed by atoms with Crippen molar-refractivity contribution < 1.29 is 13.5 Å². The van der Waals surface area contributed by atoms with E-state index in [2.05, 4.69) is 0 Å². The van der Waals surface area contributed by atoms with E-state index in [1.165, 1.54) is 5.56 Å². The van der Waals surface area contributed by atoms with Gasteiger partial charge in [0.2, 0.25) is 0 Å². The Morgan fingerprint density at radius 2 is 1.74 bits per heavy atom. The van der Waals surface area contributed by atoms with Gasteiger partial charge in [0.25, 0.3) is 0 Å². The first kappa shape index (κ1) is 13.3. The Balaban J connectivity index is 1.85. The minimum atomic E-state index is -0.667. The summed E-state index contributed by atoms with van der Waals surface area (Å²) in [5.41, 5.74) is 6.23. The zero-order valence-electron chi connectivity index (χ0n) is 10.4. The van der Waals surface area contributed by atoms with Crippen molar-refractivity contribution in [2.75, 3.05) is 12.3 Å². The van der Waals surface area contributed by atoms with Crippen molar-refractivity contribution in [2.24, 2.45) is 0 Å². The Morgan fingerprint density at radius 3 is 2.47 bits per heavy atom. The van der Waals surface area contributed by atoms with Crippen molar-refractivity contribution in [3.05, 3.63) is 59.7 Å². The Kier molecular flexibility index (Phi) is 4.34. The molecule has 0 aliphatic heterocycles. The molecule has 2 aromatic rings. The first-order valence-corrected chi connectivity index (χ1v) is 6.08. The second-order valence-corrected chi connectivity index (χ2v) is 4.24. The highest BCUT2D eigenvalue weighted by atomic mass is 19.1. The smallest absolute Gasteiger partial charge is 0.167 e. The van der Waals surface area contributed by atoms with Gasteiger partial charge in [-0.2, -0.15) is 0 Å². The Bertz CT molecular complexity index is 543. The topological polar surface area (TPSA) is 35.2 Å². The van der Waals surface area contributed by atoms with Crippen LogP contribution in [0.3, 0.4) is 0 Å². The number of ether oxygens (including phenoxy) is 1. The predicted molar refractivity (Wildman–Crippen MR) is 71.0 cm³/mol. The van der Waals surface area contributed by atoms with Crippen LogP contribution in [0.4, 0.5) is 14.5 Å². The van der Waals surface area contributed by atoms with Gasteiger partial charge in [0.1, 0.15) is 5.82 Å². The summed E-state index contributed by atoms with van der Waals surface area (Å²) in [4.78, 5) is 0. The van der Waals surface area contributed by atoms with E-state index in [4.69, 9.17) is 10.5 Å². The molecule has 0 fully saturated rings. The maximum Gasteiger partial charge on any atom is 0.167 e. The van der Waals surface area contributed by atoms with E-state index in [1.807, 2.05) is 30.3 Å². The molecule has 100 valence electrons. The molecular weight excluding hydrogens is 248 g/mol. The molecule has 0 unspecified atom stereocenters. The van der Waals surface area contributed by atoms with Crippen molar-refractivity contribution in [2.45, 2.75) is 12.8 Å². The average molecular weight is 263 g/mol. The summed E-state index contributed by atoms with van der Waals surface area (Å²) in [6.45, 7) is 0.329. The summed E-state index contributed by atoms with van der Waals surface area (Å²) in [6.07, 6.45) is 1.56. The quantitative estimate of drug-likeness (QED) is 0.661. The summed E-state index contributed by atoms with van der Waals surface area (Å²) < 4.78 is 31.8. The molecule has 0 aliphatic rings. The number of halogens is 2. The molecule has 2 aromatic carbocycles. The molecule has 0 saturated heterocycles. The van der Waals surface area contributed by atoms with Gasteiger partial charge in [-0.1, -0.05) is 30.3 Å². The molecule has 0 saturated carbocycles. The summed E-state index contributed by atoms with van der Waals surface area (Å²) >= 11 is 0. The zero-order chi connectivity index (χ0) is 13.7. The molecule has 2 nitrogen and oxygen atoms in total. The van der Waals surface area contributed by atoms with Crippen LogP contribution in [0.25, 0.3) is 0 Å². The summed E-state index contributed by atoms with van der Waals surface area (Å²) in [7, 11) is 0. The van der Waals surface area contributed by atoms with Crippen molar-refractivity contribution in [3.8, 4) is 5.75 Å². The van der Waals surface area contributed by atoms with Crippen LogP contribution in [-0.4, -0.2) is 6.61 Å². The normalized spacial score (nSPS) is 10.4. The molecule has 0 aromatic heterocycles. The fourth-order valence-electron chi connectivity index (χ4n) is 1.76. The van der Waals surface area contributed by atoms with Crippen molar-refractivity contribution in [3.63, 3.8) is 0 Å². The molecule has 0 atom stereocenters. The van der Waals surface area contributed by atoms with Gasteiger partial charge in [0, 0.05) is 12.1 Å². The van der Waals surface area contributed by atoms with Gasteiger partial charge in [0.15, 0.2) is 11.6 Å². The third kappa shape index (κ3) is 3.68. The summed E-state index contributed by atoms with van der Waals surface area (Å²) in [5, 5.41) is 0. The van der Waals surface area contributed by atoms with E-state index in [9.17, 15) is 8.78 Å². The molecule has 0 spiro atoms. The minimum Gasteiger partial charge on any atom is -0.490 e. The number of anilines is 1. The van der Waals surface area contributed by atoms with Gasteiger partial charge in [-0.05, 0) is 18.4 Å². The van der Waals surface area contributed by atoms with Crippen LogP contribution < -0.4 is 10.5 Å². The monoisotopic (exact) mass is 263 g/mol. The van der Waals surface area contributed by atoms with E-state index < -0.39 is 11.6 Å². The predicted octanol–water partition coefficient (Wildman–Crippen LogP) is 3.56. The molecule has 2 rings (SSSR count). The highest BCUT2D eigenvalue weighted by Crippen LogP contribution is 2.23. The van der Waals surface area contributed by atoms with Crippen molar-refractivity contribution in [1.82, 2.24) is 0 Å². The molecule has 19 heavy (non-hydrogen) atoms. The van der Waals surface area contributed by atoms with Crippen molar-refractivity contribution in [1.29, 1.82) is 0 Å². The molecule has 0 radical (unpaired) electrons. The van der Waals surface area contributed by atoms with E-state index >= 15 is 0 Å². The lowest BCUT2D eigenvalue weighted by molar-refractivity contribution is 0.294. The highest BCUT2D eigenvalue weighted by Gasteiger charge is 2.08.